The zero-order chi connectivity index (χ0) is 18.0. The smallest absolute Gasteiger partial charge is 0.268 e. The maximum Gasteiger partial charge on any atom is 0.268 e. The van der Waals surface area contributed by atoms with Gasteiger partial charge in [0, 0.05) is 51.9 Å². The van der Waals surface area contributed by atoms with Gasteiger partial charge in [0.25, 0.3) is 5.56 Å². The van der Waals surface area contributed by atoms with Crippen LogP contribution in [-0.4, -0.2) is 70.8 Å². The lowest BCUT2D eigenvalue weighted by Gasteiger charge is -2.40. The molecule has 7 heteroatoms. The molecule has 25 heavy (non-hydrogen) atoms. The minimum absolute atomic E-state index is 0.105. The van der Waals surface area contributed by atoms with Crippen molar-refractivity contribution in [3.63, 3.8) is 0 Å². The summed E-state index contributed by atoms with van der Waals surface area (Å²) in [5.41, 5.74) is 0.742. The standard InChI is InChI=1S/C18H29N5O2/c1-14(2)23-6-4-5-15(13-23)18(25)22-9-7-21(8-10-22)16-11-17(24)20(3)19-12-16/h11-12,14-15H,4-10,13H2,1-3H3. The Balaban J connectivity index is 1.57. The summed E-state index contributed by atoms with van der Waals surface area (Å²) in [4.78, 5) is 31.2. The number of rotatable bonds is 3. The molecule has 0 bridgehead atoms. The number of piperidine rings is 1. The van der Waals surface area contributed by atoms with Crippen LogP contribution in [0.3, 0.4) is 0 Å². The van der Waals surface area contributed by atoms with Gasteiger partial charge in [-0.3, -0.25) is 9.59 Å². The number of hydrogen-bond acceptors (Lipinski definition) is 5. The molecule has 1 atom stereocenters. The normalized spacial score (nSPS) is 22.5. The van der Waals surface area contributed by atoms with Crippen molar-refractivity contribution in [3.8, 4) is 0 Å². The Morgan fingerprint density at radius 2 is 1.92 bits per heavy atom. The summed E-state index contributed by atoms with van der Waals surface area (Å²) < 4.78 is 1.33. The molecule has 2 aliphatic rings. The van der Waals surface area contributed by atoms with Gasteiger partial charge in [-0.2, -0.15) is 5.10 Å². The lowest BCUT2D eigenvalue weighted by Crippen LogP contribution is -2.53. The van der Waals surface area contributed by atoms with E-state index in [0.717, 1.165) is 44.7 Å². The van der Waals surface area contributed by atoms with E-state index >= 15 is 0 Å². The van der Waals surface area contributed by atoms with Gasteiger partial charge >= 0.3 is 0 Å². The summed E-state index contributed by atoms with van der Waals surface area (Å²) in [7, 11) is 1.65. The molecule has 1 amide bonds. The maximum atomic E-state index is 12.9. The second kappa shape index (κ2) is 7.56. The van der Waals surface area contributed by atoms with Gasteiger partial charge in [-0.25, -0.2) is 4.68 Å². The predicted octanol–water partition coefficient (Wildman–Crippen LogP) is 0.549. The minimum atomic E-state index is -0.105. The average Bonchev–Trinajstić information content (AvgIpc) is 2.63. The van der Waals surface area contributed by atoms with Crippen molar-refractivity contribution in [2.24, 2.45) is 13.0 Å². The third kappa shape index (κ3) is 4.03. The fourth-order valence-electron chi connectivity index (χ4n) is 3.75. The summed E-state index contributed by atoms with van der Waals surface area (Å²) >= 11 is 0. The van der Waals surface area contributed by atoms with Crippen molar-refractivity contribution >= 4 is 11.6 Å². The number of aryl methyl sites for hydroxylation is 1. The summed E-state index contributed by atoms with van der Waals surface area (Å²) in [5, 5.41) is 4.08. The lowest BCUT2D eigenvalue weighted by molar-refractivity contribution is -0.137. The van der Waals surface area contributed by atoms with Crippen molar-refractivity contribution < 1.29 is 4.79 Å². The largest absolute Gasteiger partial charge is 0.367 e. The van der Waals surface area contributed by atoms with E-state index in [1.165, 1.54) is 4.68 Å². The van der Waals surface area contributed by atoms with Crippen LogP contribution in [0.5, 0.6) is 0 Å². The number of aromatic nitrogens is 2. The van der Waals surface area contributed by atoms with Crippen LogP contribution < -0.4 is 10.5 Å². The second-order valence-electron chi connectivity index (χ2n) is 7.42. The predicted molar refractivity (Wildman–Crippen MR) is 97.7 cm³/mol. The molecule has 1 unspecified atom stereocenters. The Labute approximate surface area is 149 Å². The highest BCUT2D eigenvalue weighted by molar-refractivity contribution is 5.79. The zero-order valence-corrected chi connectivity index (χ0v) is 15.5. The third-order valence-corrected chi connectivity index (χ3v) is 5.44. The number of amides is 1. The maximum absolute atomic E-state index is 12.9. The molecule has 7 nitrogen and oxygen atoms in total. The van der Waals surface area contributed by atoms with Crippen LogP contribution in [0.4, 0.5) is 5.69 Å². The fraction of sp³-hybridized carbons (Fsp3) is 0.722. The monoisotopic (exact) mass is 347 g/mol. The van der Waals surface area contributed by atoms with Crippen molar-refractivity contribution in [1.82, 2.24) is 19.6 Å². The number of anilines is 1. The molecule has 0 saturated carbocycles. The molecule has 0 N–H and O–H groups in total. The van der Waals surface area contributed by atoms with Crippen molar-refractivity contribution in [1.29, 1.82) is 0 Å². The van der Waals surface area contributed by atoms with Gasteiger partial charge in [0.05, 0.1) is 17.8 Å². The summed E-state index contributed by atoms with van der Waals surface area (Å²) in [5.74, 6) is 0.431. The first-order valence-electron chi connectivity index (χ1n) is 9.27. The summed E-state index contributed by atoms with van der Waals surface area (Å²) in [6, 6.07) is 2.12. The van der Waals surface area contributed by atoms with Crippen LogP contribution in [0.2, 0.25) is 0 Å². The SMILES string of the molecule is CC(C)N1CCCC(C(=O)N2CCN(c3cnn(C)c(=O)c3)CC2)C1. The van der Waals surface area contributed by atoms with E-state index in [9.17, 15) is 9.59 Å². The summed E-state index contributed by atoms with van der Waals surface area (Å²) in [6.45, 7) is 9.31. The highest BCUT2D eigenvalue weighted by atomic mass is 16.2. The molecule has 2 fully saturated rings. The molecule has 1 aromatic rings. The minimum Gasteiger partial charge on any atom is -0.367 e. The zero-order valence-electron chi connectivity index (χ0n) is 15.5. The van der Waals surface area contributed by atoms with Gasteiger partial charge in [0.15, 0.2) is 0 Å². The van der Waals surface area contributed by atoms with Gasteiger partial charge in [0.2, 0.25) is 5.91 Å². The average molecular weight is 347 g/mol. The Hall–Kier alpha value is -1.89. The van der Waals surface area contributed by atoms with E-state index in [1.54, 1.807) is 19.3 Å². The quantitative estimate of drug-likeness (QED) is 0.799. The molecule has 0 spiro atoms. The van der Waals surface area contributed by atoms with Crippen LogP contribution in [0.15, 0.2) is 17.1 Å². The Morgan fingerprint density at radius 1 is 1.20 bits per heavy atom. The van der Waals surface area contributed by atoms with E-state index in [-0.39, 0.29) is 11.5 Å². The molecular formula is C18H29N5O2. The number of nitrogens with zero attached hydrogens (tertiary/aromatic N) is 5. The molecule has 0 aromatic carbocycles. The molecule has 1 aromatic heterocycles. The molecule has 2 saturated heterocycles. The Morgan fingerprint density at radius 3 is 2.56 bits per heavy atom. The van der Waals surface area contributed by atoms with Gasteiger partial charge in [-0.1, -0.05) is 0 Å². The molecule has 2 aliphatic heterocycles. The Kier molecular flexibility index (Phi) is 5.42. The van der Waals surface area contributed by atoms with Crippen molar-refractivity contribution in [3.05, 3.63) is 22.6 Å². The topological polar surface area (TPSA) is 61.7 Å². The number of carbonyl (C=O) groups is 1. The number of hydrogen-bond donors (Lipinski definition) is 0. The number of likely N-dealkylation sites (tertiary alicyclic amines) is 1. The molecule has 0 radical (unpaired) electrons. The van der Waals surface area contributed by atoms with Crippen LogP contribution in [-0.2, 0) is 11.8 Å². The summed E-state index contributed by atoms with van der Waals surface area (Å²) in [6.07, 6.45) is 3.83. The van der Waals surface area contributed by atoms with Crippen LogP contribution in [0.25, 0.3) is 0 Å². The highest BCUT2D eigenvalue weighted by Crippen LogP contribution is 2.22. The lowest BCUT2D eigenvalue weighted by atomic mass is 9.95. The first-order chi connectivity index (χ1) is 12.0. The molecule has 3 rings (SSSR count). The molecule has 3 heterocycles. The van der Waals surface area contributed by atoms with E-state index in [0.29, 0.717) is 25.0 Å². The van der Waals surface area contributed by atoms with E-state index in [4.69, 9.17) is 0 Å². The molecular weight excluding hydrogens is 318 g/mol. The number of piperazine rings is 1. The Bertz CT molecular complexity index is 664. The fourth-order valence-corrected chi connectivity index (χ4v) is 3.75. The van der Waals surface area contributed by atoms with Crippen LogP contribution in [0.1, 0.15) is 26.7 Å². The van der Waals surface area contributed by atoms with Crippen molar-refractivity contribution in [2.75, 3.05) is 44.2 Å². The molecule has 0 aliphatic carbocycles. The van der Waals surface area contributed by atoms with Gasteiger partial charge in [-0.05, 0) is 33.2 Å². The van der Waals surface area contributed by atoms with Crippen LogP contribution in [0, 0.1) is 5.92 Å². The van der Waals surface area contributed by atoms with E-state index < -0.39 is 0 Å². The van der Waals surface area contributed by atoms with E-state index in [1.807, 2.05) is 4.90 Å². The molecule has 138 valence electrons. The highest BCUT2D eigenvalue weighted by Gasteiger charge is 2.31. The van der Waals surface area contributed by atoms with E-state index in [2.05, 4.69) is 28.7 Å². The van der Waals surface area contributed by atoms with Gasteiger partial charge in [0.1, 0.15) is 0 Å². The van der Waals surface area contributed by atoms with Gasteiger partial charge < -0.3 is 14.7 Å². The second-order valence-corrected chi connectivity index (χ2v) is 7.42. The third-order valence-electron chi connectivity index (χ3n) is 5.44. The van der Waals surface area contributed by atoms with Crippen molar-refractivity contribution in [2.45, 2.75) is 32.7 Å². The van der Waals surface area contributed by atoms with Gasteiger partial charge in [-0.15, -0.1) is 0 Å². The van der Waals surface area contributed by atoms with Crippen LogP contribution >= 0.6 is 0 Å². The number of carbonyl (C=O) groups excluding carboxylic acids is 1. The first-order valence-corrected chi connectivity index (χ1v) is 9.27. The first kappa shape index (κ1) is 17.9.